The van der Waals surface area contributed by atoms with E-state index in [1.165, 1.54) is 0 Å². The molecular weight excluding hydrogens is 236 g/mol. The van der Waals surface area contributed by atoms with Crippen molar-refractivity contribution in [2.24, 2.45) is 4.99 Å². The van der Waals surface area contributed by atoms with Crippen LogP contribution in [0.5, 0.6) is 0 Å². The minimum absolute atomic E-state index is 0.0475. The molecule has 0 spiro atoms. The molecule has 2 aromatic rings. The minimum atomic E-state index is 0.0475. The van der Waals surface area contributed by atoms with E-state index in [4.69, 9.17) is 0 Å². The number of Topliss-reactive ketones (excluding diaryl/α,β-unsaturated/α-hetero) is 1. The van der Waals surface area contributed by atoms with Gasteiger partial charge in [-0.25, -0.2) is 0 Å². The second-order valence-electron chi connectivity index (χ2n) is 4.49. The van der Waals surface area contributed by atoms with Gasteiger partial charge in [-0.05, 0) is 31.3 Å². The summed E-state index contributed by atoms with van der Waals surface area (Å²) >= 11 is 0. The highest BCUT2D eigenvalue weighted by Gasteiger charge is 2.13. The Morgan fingerprint density at radius 3 is 2.89 bits per heavy atom. The molecule has 2 aromatic heterocycles. The average Bonchev–Trinajstić information content (AvgIpc) is 2.80. The van der Waals surface area contributed by atoms with E-state index in [1.807, 2.05) is 34.9 Å². The van der Waals surface area contributed by atoms with Crippen molar-refractivity contribution in [3.63, 3.8) is 0 Å². The van der Waals surface area contributed by atoms with Gasteiger partial charge in [-0.3, -0.25) is 9.79 Å². The van der Waals surface area contributed by atoms with E-state index in [1.54, 1.807) is 6.92 Å². The zero-order valence-electron chi connectivity index (χ0n) is 11.4. The van der Waals surface area contributed by atoms with Gasteiger partial charge in [0, 0.05) is 18.7 Å². The van der Waals surface area contributed by atoms with Crippen LogP contribution in [0.4, 0.5) is 0 Å². The van der Waals surface area contributed by atoms with Gasteiger partial charge in [-0.15, -0.1) is 0 Å². The third kappa shape index (κ3) is 2.50. The smallest absolute Gasteiger partial charge is 0.176 e. The number of unbranched alkanes of at least 4 members (excludes halogenated alkanes) is 1. The van der Waals surface area contributed by atoms with Gasteiger partial charge in [0.1, 0.15) is 0 Å². The first kappa shape index (κ1) is 13.3. The van der Waals surface area contributed by atoms with Gasteiger partial charge >= 0.3 is 0 Å². The van der Waals surface area contributed by atoms with Crippen LogP contribution in [0, 0.1) is 0 Å². The summed E-state index contributed by atoms with van der Waals surface area (Å²) in [6, 6.07) is 7.77. The molecule has 0 N–H and O–H groups in total. The summed E-state index contributed by atoms with van der Waals surface area (Å²) in [4.78, 5) is 15.8. The average molecular weight is 254 g/mol. The van der Waals surface area contributed by atoms with Crippen LogP contribution >= 0.6 is 0 Å². The van der Waals surface area contributed by atoms with Gasteiger partial charge < -0.3 is 4.40 Å². The molecule has 0 aliphatic carbocycles. The fraction of sp³-hybridized carbons (Fsp3) is 0.250. The molecule has 0 aromatic carbocycles. The number of fused-ring (bicyclic) bond motifs is 1. The molecule has 0 amide bonds. The molecule has 0 aliphatic heterocycles. The highest BCUT2D eigenvalue weighted by atomic mass is 16.1. The lowest BCUT2D eigenvalue weighted by molar-refractivity contribution is 0.101. The number of nitrogens with zero attached hydrogens (tertiary/aromatic N) is 2. The Morgan fingerprint density at radius 2 is 2.26 bits per heavy atom. The summed E-state index contributed by atoms with van der Waals surface area (Å²) in [6.45, 7) is 7.34. The molecule has 98 valence electrons. The van der Waals surface area contributed by atoms with E-state index in [9.17, 15) is 4.79 Å². The number of hydrogen-bond donors (Lipinski definition) is 0. The number of pyridine rings is 1. The predicted molar refractivity (Wildman–Crippen MR) is 79.8 cm³/mol. The van der Waals surface area contributed by atoms with Crippen molar-refractivity contribution >= 4 is 23.7 Å². The first-order valence-electron chi connectivity index (χ1n) is 6.47. The summed E-state index contributed by atoms with van der Waals surface area (Å²) in [6.07, 6.45) is 5.98. The van der Waals surface area contributed by atoms with Crippen molar-refractivity contribution in [3.8, 4) is 0 Å². The third-order valence-electron chi connectivity index (χ3n) is 3.11. The highest BCUT2D eigenvalue weighted by molar-refractivity contribution is 5.96. The number of rotatable bonds is 5. The monoisotopic (exact) mass is 254 g/mol. The molecule has 0 saturated heterocycles. The third-order valence-corrected chi connectivity index (χ3v) is 3.11. The highest BCUT2D eigenvalue weighted by Crippen LogP contribution is 2.26. The first-order chi connectivity index (χ1) is 9.19. The van der Waals surface area contributed by atoms with Crippen LogP contribution in [0.25, 0.3) is 11.2 Å². The number of carbonyl (C=O) groups is 1. The normalized spacial score (nSPS) is 11.8. The predicted octanol–water partition coefficient (Wildman–Crippen LogP) is 3.98. The number of allylic oxidation sites excluding steroid dienone is 1. The summed E-state index contributed by atoms with van der Waals surface area (Å²) in [5.41, 5.74) is 3.48. The lowest BCUT2D eigenvalue weighted by Gasteiger charge is -2.01. The topological polar surface area (TPSA) is 33.8 Å². The largest absolute Gasteiger partial charge is 0.313 e. The summed E-state index contributed by atoms with van der Waals surface area (Å²) < 4.78 is 1.91. The minimum Gasteiger partial charge on any atom is -0.313 e. The van der Waals surface area contributed by atoms with Crippen LogP contribution in [0.2, 0.25) is 0 Å². The molecule has 0 unspecified atom stereocenters. The van der Waals surface area contributed by atoms with Crippen molar-refractivity contribution in [3.05, 3.63) is 47.8 Å². The fourth-order valence-corrected chi connectivity index (χ4v) is 2.17. The number of ketones is 1. The van der Waals surface area contributed by atoms with Crippen LogP contribution < -0.4 is 0 Å². The molecule has 0 radical (unpaired) electrons. The quantitative estimate of drug-likeness (QED) is 0.587. The van der Waals surface area contributed by atoms with Crippen LogP contribution in [-0.2, 0) is 0 Å². The molecule has 0 atom stereocenters. The number of hydrogen-bond acceptors (Lipinski definition) is 2. The van der Waals surface area contributed by atoms with Gasteiger partial charge in [0.2, 0.25) is 0 Å². The molecular formula is C16H18N2O. The van der Waals surface area contributed by atoms with E-state index in [0.29, 0.717) is 5.69 Å². The Hall–Kier alpha value is -2.16. The second-order valence-corrected chi connectivity index (χ2v) is 4.49. The van der Waals surface area contributed by atoms with Crippen molar-refractivity contribution in [1.29, 1.82) is 0 Å². The maximum atomic E-state index is 11.7. The van der Waals surface area contributed by atoms with Crippen LogP contribution in [0.15, 0.2) is 41.5 Å². The molecule has 3 nitrogen and oxygen atoms in total. The maximum absolute atomic E-state index is 11.7. The Kier molecular flexibility index (Phi) is 3.95. The SMILES string of the molecule is C=N/C(=C\CCC)c1cc(C(C)=O)n2ccccc12. The maximum Gasteiger partial charge on any atom is 0.176 e. The van der Waals surface area contributed by atoms with Crippen LogP contribution in [-0.4, -0.2) is 16.9 Å². The second kappa shape index (κ2) is 5.65. The zero-order valence-corrected chi connectivity index (χ0v) is 11.4. The number of aliphatic imine (C=N–C) groups is 1. The number of carbonyl (C=O) groups excluding carboxylic acids is 1. The fourth-order valence-electron chi connectivity index (χ4n) is 2.17. The Bertz CT molecular complexity index is 650. The molecule has 3 heteroatoms. The lowest BCUT2D eigenvalue weighted by Crippen LogP contribution is -1.96. The molecule has 0 bridgehead atoms. The number of aromatic nitrogens is 1. The Labute approximate surface area is 113 Å². The molecule has 0 saturated carbocycles. The zero-order chi connectivity index (χ0) is 13.8. The van der Waals surface area contributed by atoms with Crippen LogP contribution in [0.1, 0.15) is 42.7 Å². The van der Waals surface area contributed by atoms with Gasteiger partial charge in [0.05, 0.1) is 16.9 Å². The van der Waals surface area contributed by atoms with E-state index in [2.05, 4.69) is 24.7 Å². The van der Waals surface area contributed by atoms with Gasteiger partial charge in [-0.2, -0.15) is 0 Å². The summed E-state index contributed by atoms with van der Waals surface area (Å²) in [5.74, 6) is 0.0475. The van der Waals surface area contributed by atoms with Crippen molar-refractivity contribution in [2.45, 2.75) is 26.7 Å². The van der Waals surface area contributed by atoms with Crippen molar-refractivity contribution in [1.82, 2.24) is 4.40 Å². The van der Waals surface area contributed by atoms with Gasteiger partial charge in [-0.1, -0.05) is 25.5 Å². The molecule has 2 heterocycles. The first-order valence-corrected chi connectivity index (χ1v) is 6.47. The van der Waals surface area contributed by atoms with Gasteiger partial charge in [0.15, 0.2) is 5.78 Å². The van der Waals surface area contributed by atoms with Crippen molar-refractivity contribution in [2.75, 3.05) is 0 Å². The summed E-state index contributed by atoms with van der Waals surface area (Å²) in [7, 11) is 0. The van der Waals surface area contributed by atoms with E-state index >= 15 is 0 Å². The van der Waals surface area contributed by atoms with E-state index in [0.717, 1.165) is 29.6 Å². The lowest BCUT2D eigenvalue weighted by atomic mass is 10.1. The van der Waals surface area contributed by atoms with Crippen molar-refractivity contribution < 1.29 is 4.79 Å². The Balaban J connectivity index is 2.66. The molecule has 2 rings (SSSR count). The van der Waals surface area contributed by atoms with E-state index in [-0.39, 0.29) is 5.78 Å². The summed E-state index contributed by atoms with van der Waals surface area (Å²) in [5, 5.41) is 0. The standard InChI is InChI=1S/C16H18N2O/c1-4-5-8-14(17-3)13-11-16(12(2)19)18-10-7-6-9-15(13)18/h6-11H,3-5H2,1-2H3/b14-8-. The molecule has 0 aliphatic rings. The molecule has 0 fully saturated rings. The molecule has 19 heavy (non-hydrogen) atoms. The van der Waals surface area contributed by atoms with Crippen LogP contribution in [0.3, 0.4) is 0 Å². The Morgan fingerprint density at radius 1 is 1.47 bits per heavy atom. The van der Waals surface area contributed by atoms with E-state index < -0.39 is 0 Å². The van der Waals surface area contributed by atoms with Gasteiger partial charge in [0.25, 0.3) is 0 Å².